The Balaban J connectivity index is 2.04. The molecule has 86 valence electrons. The highest BCUT2D eigenvalue weighted by Gasteiger charge is 2.16. The van der Waals surface area contributed by atoms with Crippen molar-refractivity contribution in [1.29, 1.82) is 0 Å². The molecule has 1 saturated heterocycles. The molecule has 0 saturated carbocycles. The third-order valence-corrected chi connectivity index (χ3v) is 2.70. The fourth-order valence-electron chi connectivity index (χ4n) is 1.71. The van der Waals surface area contributed by atoms with Crippen LogP contribution in [0, 0.1) is 0 Å². The standard InChI is InChI=1S/C10H15N5O/c1-11-9-6-10(13-7-12-9)15-4-2-14(8-16)3-5-15/h6-8H,2-5H2,1H3,(H,11,12,13). The number of nitrogens with zero attached hydrogens (tertiary/aromatic N) is 4. The third-order valence-electron chi connectivity index (χ3n) is 2.70. The first kappa shape index (κ1) is 10.7. The number of carbonyl (C=O) groups excluding carboxylic acids is 1. The quantitative estimate of drug-likeness (QED) is 0.716. The van der Waals surface area contributed by atoms with E-state index in [1.807, 2.05) is 13.1 Å². The number of aromatic nitrogens is 2. The molecule has 0 aliphatic carbocycles. The Morgan fingerprint density at radius 2 is 2.06 bits per heavy atom. The number of carbonyl (C=O) groups is 1. The van der Waals surface area contributed by atoms with Gasteiger partial charge in [-0.05, 0) is 0 Å². The summed E-state index contributed by atoms with van der Waals surface area (Å²) in [4.78, 5) is 22.8. The predicted molar refractivity (Wildman–Crippen MR) is 61.4 cm³/mol. The highest BCUT2D eigenvalue weighted by Crippen LogP contribution is 2.15. The fraction of sp³-hybridized carbons (Fsp3) is 0.500. The summed E-state index contributed by atoms with van der Waals surface area (Å²) in [5.41, 5.74) is 0. The highest BCUT2D eigenvalue weighted by molar-refractivity contribution is 5.51. The molecule has 6 nitrogen and oxygen atoms in total. The predicted octanol–water partition coefficient (Wildman–Crippen LogP) is -0.203. The molecule has 0 bridgehead atoms. The van der Waals surface area contributed by atoms with Crippen molar-refractivity contribution in [3.05, 3.63) is 12.4 Å². The summed E-state index contributed by atoms with van der Waals surface area (Å²) in [6, 6.07) is 1.91. The second-order valence-electron chi connectivity index (χ2n) is 3.64. The Morgan fingerprint density at radius 3 is 2.69 bits per heavy atom. The maximum absolute atomic E-state index is 10.6. The van der Waals surface area contributed by atoms with Gasteiger partial charge in [0.2, 0.25) is 6.41 Å². The van der Waals surface area contributed by atoms with E-state index in [1.165, 1.54) is 0 Å². The largest absolute Gasteiger partial charge is 0.373 e. The van der Waals surface area contributed by atoms with E-state index in [9.17, 15) is 4.79 Å². The molecule has 1 amide bonds. The lowest BCUT2D eigenvalue weighted by Crippen LogP contribution is -2.46. The Labute approximate surface area is 94.3 Å². The Kier molecular flexibility index (Phi) is 3.19. The van der Waals surface area contributed by atoms with Gasteiger partial charge in [-0.25, -0.2) is 9.97 Å². The molecule has 6 heteroatoms. The number of hydrogen-bond acceptors (Lipinski definition) is 5. The molecule has 2 rings (SSSR count). The number of hydrogen-bond donors (Lipinski definition) is 1. The van der Waals surface area contributed by atoms with E-state index in [0.29, 0.717) is 0 Å². The summed E-state index contributed by atoms with van der Waals surface area (Å²) in [6.45, 7) is 3.14. The lowest BCUT2D eigenvalue weighted by Gasteiger charge is -2.33. The van der Waals surface area contributed by atoms with Crippen LogP contribution in [0.5, 0.6) is 0 Å². The van der Waals surface area contributed by atoms with Gasteiger partial charge in [0, 0.05) is 39.3 Å². The van der Waals surface area contributed by atoms with Crippen LogP contribution in [0.15, 0.2) is 12.4 Å². The lowest BCUT2D eigenvalue weighted by atomic mass is 10.3. The van der Waals surface area contributed by atoms with Crippen molar-refractivity contribution in [2.45, 2.75) is 0 Å². The van der Waals surface area contributed by atoms with Gasteiger partial charge >= 0.3 is 0 Å². The van der Waals surface area contributed by atoms with E-state index < -0.39 is 0 Å². The van der Waals surface area contributed by atoms with Crippen LogP contribution in [0.4, 0.5) is 11.6 Å². The first-order valence-electron chi connectivity index (χ1n) is 5.27. The summed E-state index contributed by atoms with van der Waals surface area (Å²) >= 11 is 0. The van der Waals surface area contributed by atoms with Gasteiger partial charge in [0.1, 0.15) is 18.0 Å². The fourth-order valence-corrected chi connectivity index (χ4v) is 1.71. The Bertz CT molecular complexity index is 362. The topological polar surface area (TPSA) is 61.4 Å². The molecule has 1 aromatic rings. The van der Waals surface area contributed by atoms with Crippen molar-refractivity contribution >= 4 is 18.0 Å². The van der Waals surface area contributed by atoms with Crippen molar-refractivity contribution in [3.63, 3.8) is 0 Å². The molecule has 2 heterocycles. The van der Waals surface area contributed by atoms with Crippen LogP contribution in [-0.4, -0.2) is 54.5 Å². The first-order valence-corrected chi connectivity index (χ1v) is 5.27. The van der Waals surface area contributed by atoms with Gasteiger partial charge < -0.3 is 15.1 Å². The maximum atomic E-state index is 10.6. The monoisotopic (exact) mass is 221 g/mol. The molecule has 0 radical (unpaired) electrons. The van der Waals surface area contributed by atoms with Crippen LogP contribution in [0.2, 0.25) is 0 Å². The SMILES string of the molecule is CNc1cc(N2CCN(C=O)CC2)ncn1. The molecule has 1 aromatic heterocycles. The van der Waals surface area contributed by atoms with Crippen LogP contribution in [0.3, 0.4) is 0 Å². The molecule has 1 fully saturated rings. The van der Waals surface area contributed by atoms with Gasteiger partial charge in [-0.2, -0.15) is 0 Å². The van der Waals surface area contributed by atoms with Crippen LogP contribution >= 0.6 is 0 Å². The number of rotatable bonds is 3. The van der Waals surface area contributed by atoms with E-state index in [0.717, 1.165) is 44.2 Å². The molecular weight excluding hydrogens is 206 g/mol. The lowest BCUT2D eigenvalue weighted by molar-refractivity contribution is -0.118. The Morgan fingerprint density at radius 1 is 1.31 bits per heavy atom. The molecule has 1 aliphatic heterocycles. The van der Waals surface area contributed by atoms with Gasteiger partial charge in [-0.3, -0.25) is 4.79 Å². The zero-order valence-corrected chi connectivity index (χ0v) is 9.26. The summed E-state index contributed by atoms with van der Waals surface area (Å²) in [5.74, 6) is 1.72. The molecule has 1 aliphatic rings. The highest BCUT2D eigenvalue weighted by atomic mass is 16.1. The summed E-state index contributed by atoms with van der Waals surface area (Å²) in [7, 11) is 1.83. The van der Waals surface area contributed by atoms with Crippen LogP contribution in [-0.2, 0) is 4.79 Å². The van der Waals surface area contributed by atoms with E-state index in [2.05, 4.69) is 20.2 Å². The Hall–Kier alpha value is -1.85. The third kappa shape index (κ3) is 2.21. The average molecular weight is 221 g/mol. The summed E-state index contributed by atoms with van der Waals surface area (Å²) < 4.78 is 0. The van der Waals surface area contributed by atoms with E-state index in [4.69, 9.17) is 0 Å². The van der Waals surface area contributed by atoms with Gasteiger partial charge in [0.15, 0.2) is 0 Å². The van der Waals surface area contributed by atoms with Crippen LogP contribution in [0.25, 0.3) is 0 Å². The second kappa shape index (κ2) is 4.78. The molecule has 0 aromatic carbocycles. The molecule has 0 atom stereocenters. The molecular formula is C10H15N5O. The van der Waals surface area contributed by atoms with Crippen molar-refractivity contribution < 1.29 is 4.79 Å². The van der Waals surface area contributed by atoms with Gasteiger partial charge in [0.25, 0.3) is 0 Å². The van der Waals surface area contributed by atoms with Crippen molar-refractivity contribution in [1.82, 2.24) is 14.9 Å². The number of piperazine rings is 1. The van der Waals surface area contributed by atoms with E-state index >= 15 is 0 Å². The van der Waals surface area contributed by atoms with Crippen LogP contribution < -0.4 is 10.2 Å². The normalized spacial score (nSPS) is 16.1. The first-order chi connectivity index (χ1) is 7.83. The molecule has 0 spiro atoms. The van der Waals surface area contributed by atoms with E-state index in [-0.39, 0.29) is 0 Å². The van der Waals surface area contributed by atoms with Gasteiger partial charge in [-0.15, -0.1) is 0 Å². The number of amides is 1. The van der Waals surface area contributed by atoms with Crippen LogP contribution in [0.1, 0.15) is 0 Å². The van der Waals surface area contributed by atoms with Crippen molar-refractivity contribution in [2.24, 2.45) is 0 Å². The zero-order valence-electron chi connectivity index (χ0n) is 9.26. The van der Waals surface area contributed by atoms with Gasteiger partial charge in [0.05, 0.1) is 0 Å². The molecule has 1 N–H and O–H groups in total. The minimum absolute atomic E-state index is 0.752. The number of anilines is 2. The second-order valence-corrected chi connectivity index (χ2v) is 3.64. The van der Waals surface area contributed by atoms with Crippen molar-refractivity contribution in [2.75, 3.05) is 43.4 Å². The number of nitrogens with one attached hydrogen (secondary N) is 1. The summed E-state index contributed by atoms with van der Waals surface area (Å²) in [5, 5.41) is 2.98. The van der Waals surface area contributed by atoms with Crippen molar-refractivity contribution in [3.8, 4) is 0 Å². The summed E-state index contributed by atoms with van der Waals surface area (Å²) in [6.07, 6.45) is 2.45. The van der Waals surface area contributed by atoms with Gasteiger partial charge in [-0.1, -0.05) is 0 Å². The maximum Gasteiger partial charge on any atom is 0.209 e. The average Bonchev–Trinajstić information content (AvgIpc) is 2.39. The van der Waals surface area contributed by atoms with E-state index in [1.54, 1.807) is 11.2 Å². The minimum atomic E-state index is 0.752. The smallest absolute Gasteiger partial charge is 0.209 e. The minimum Gasteiger partial charge on any atom is -0.373 e. The molecule has 16 heavy (non-hydrogen) atoms. The molecule has 0 unspecified atom stereocenters. The zero-order chi connectivity index (χ0) is 11.4.